The zero-order valence-electron chi connectivity index (χ0n) is 12.1. The second-order valence-corrected chi connectivity index (χ2v) is 6.29. The summed E-state index contributed by atoms with van der Waals surface area (Å²) in [7, 11) is 0. The van der Waals surface area contributed by atoms with E-state index in [1.54, 1.807) is 0 Å². The normalized spacial score (nSPS) is 14.1. The van der Waals surface area contributed by atoms with Gasteiger partial charge >= 0.3 is 0 Å². The van der Waals surface area contributed by atoms with Gasteiger partial charge in [-0.15, -0.1) is 0 Å². The first-order valence-electron chi connectivity index (χ1n) is 6.89. The first-order chi connectivity index (χ1) is 8.89. The molecule has 0 spiro atoms. The highest BCUT2D eigenvalue weighted by Gasteiger charge is 2.24. The van der Waals surface area contributed by atoms with Gasteiger partial charge in [0, 0.05) is 11.8 Å². The third-order valence-corrected chi connectivity index (χ3v) is 3.56. The molecule has 1 aromatic carbocycles. The van der Waals surface area contributed by atoms with Gasteiger partial charge in [0.1, 0.15) is 0 Å². The fraction of sp³-hybridized carbons (Fsp3) is 0.389. The van der Waals surface area contributed by atoms with Gasteiger partial charge in [0.15, 0.2) is 5.78 Å². The number of benzene rings is 1. The third kappa shape index (κ3) is 3.04. The van der Waals surface area contributed by atoms with Crippen molar-refractivity contribution in [1.82, 2.24) is 0 Å². The van der Waals surface area contributed by atoms with Crippen LogP contribution in [0.2, 0.25) is 0 Å². The molecule has 0 unspecified atom stereocenters. The number of hydrogen-bond acceptors (Lipinski definition) is 1. The van der Waals surface area contributed by atoms with Gasteiger partial charge in [0.05, 0.1) is 0 Å². The lowest BCUT2D eigenvalue weighted by molar-refractivity contribution is -0.122. The minimum atomic E-state index is -0.345. The maximum atomic E-state index is 12.2. The van der Waals surface area contributed by atoms with Gasteiger partial charge < -0.3 is 0 Å². The molecular weight excluding hydrogens is 232 g/mol. The zero-order chi connectivity index (χ0) is 14.0. The highest BCUT2D eigenvalue weighted by molar-refractivity contribution is 5.99. The molecule has 0 saturated carbocycles. The van der Waals surface area contributed by atoms with Gasteiger partial charge in [-0.2, -0.15) is 0 Å². The molecule has 1 aliphatic carbocycles. The zero-order valence-corrected chi connectivity index (χ0v) is 12.1. The second kappa shape index (κ2) is 5.16. The molecule has 2 rings (SSSR count). The van der Waals surface area contributed by atoms with E-state index in [1.165, 1.54) is 16.7 Å². The van der Waals surface area contributed by atoms with E-state index in [-0.39, 0.29) is 11.2 Å². The van der Waals surface area contributed by atoms with Crippen molar-refractivity contribution in [3.8, 4) is 0 Å². The molecule has 1 aromatic rings. The molecule has 1 heteroatoms. The van der Waals surface area contributed by atoms with Crippen molar-refractivity contribution >= 4 is 11.9 Å². The van der Waals surface area contributed by atoms with E-state index < -0.39 is 0 Å². The number of allylic oxidation sites excluding steroid dienone is 2. The molecule has 0 fully saturated rings. The molecule has 0 N–H and O–H groups in total. The molecule has 0 atom stereocenters. The standard InChI is InChI=1S/C18H22O/c1-13(17(19)18(2,3)4)12-15-10-7-9-14-8-5-6-11-16(14)15/h6-7,9-11H,1,5,8,12H2,2-4H3. The maximum absolute atomic E-state index is 12.2. The number of rotatable bonds is 3. The van der Waals surface area contributed by atoms with Crippen LogP contribution in [0.25, 0.3) is 6.08 Å². The smallest absolute Gasteiger partial charge is 0.163 e. The maximum Gasteiger partial charge on any atom is 0.163 e. The summed E-state index contributed by atoms with van der Waals surface area (Å²) in [6, 6.07) is 6.37. The van der Waals surface area contributed by atoms with Crippen LogP contribution in [0.15, 0.2) is 36.4 Å². The average molecular weight is 254 g/mol. The predicted octanol–water partition coefficient (Wildman–Crippen LogP) is 4.36. The molecule has 0 aromatic heterocycles. The molecule has 0 bridgehead atoms. The van der Waals surface area contributed by atoms with Crippen LogP contribution in [-0.4, -0.2) is 5.78 Å². The lowest BCUT2D eigenvalue weighted by Crippen LogP contribution is -2.22. The predicted molar refractivity (Wildman–Crippen MR) is 81.1 cm³/mol. The van der Waals surface area contributed by atoms with Gasteiger partial charge in [-0.05, 0) is 35.1 Å². The van der Waals surface area contributed by atoms with Gasteiger partial charge in [-0.1, -0.05) is 57.7 Å². The van der Waals surface area contributed by atoms with Crippen LogP contribution < -0.4 is 0 Å². The van der Waals surface area contributed by atoms with Crippen LogP contribution in [0.1, 0.15) is 43.9 Å². The molecule has 0 aliphatic heterocycles. The van der Waals surface area contributed by atoms with E-state index in [1.807, 2.05) is 20.8 Å². The van der Waals surface area contributed by atoms with Crippen molar-refractivity contribution in [2.75, 3.05) is 0 Å². The average Bonchev–Trinajstić information content (AvgIpc) is 2.37. The largest absolute Gasteiger partial charge is 0.294 e. The Bertz CT molecular complexity index is 541. The summed E-state index contributed by atoms with van der Waals surface area (Å²) in [5.41, 5.74) is 4.26. The highest BCUT2D eigenvalue weighted by atomic mass is 16.1. The Kier molecular flexibility index (Phi) is 3.75. The van der Waals surface area contributed by atoms with Crippen molar-refractivity contribution in [2.45, 2.75) is 40.0 Å². The summed E-state index contributed by atoms with van der Waals surface area (Å²) >= 11 is 0. The second-order valence-electron chi connectivity index (χ2n) is 6.29. The number of carbonyl (C=O) groups excluding carboxylic acids is 1. The van der Waals surface area contributed by atoms with Crippen LogP contribution in [0, 0.1) is 5.41 Å². The molecule has 100 valence electrons. The number of Topliss-reactive ketones (excluding diaryl/α,β-unsaturated/α-hetero) is 1. The number of carbonyl (C=O) groups is 1. The number of hydrogen-bond donors (Lipinski definition) is 0. The lowest BCUT2D eigenvalue weighted by atomic mass is 9.83. The Hall–Kier alpha value is -1.63. The molecule has 1 aliphatic rings. The summed E-state index contributed by atoms with van der Waals surface area (Å²) in [5, 5.41) is 0. The Labute approximate surface area is 116 Å². The summed E-state index contributed by atoms with van der Waals surface area (Å²) < 4.78 is 0. The fourth-order valence-corrected chi connectivity index (χ4v) is 2.53. The molecule has 0 radical (unpaired) electrons. The van der Waals surface area contributed by atoms with Crippen molar-refractivity contribution in [2.24, 2.45) is 5.41 Å². The van der Waals surface area contributed by atoms with Crippen LogP contribution in [0.4, 0.5) is 0 Å². The molecule has 0 amide bonds. The van der Waals surface area contributed by atoms with E-state index in [0.717, 1.165) is 12.8 Å². The van der Waals surface area contributed by atoms with Crippen LogP contribution in [-0.2, 0) is 17.6 Å². The van der Waals surface area contributed by atoms with Crippen molar-refractivity contribution in [1.29, 1.82) is 0 Å². The number of ketones is 1. The van der Waals surface area contributed by atoms with Crippen LogP contribution in [0.3, 0.4) is 0 Å². The van der Waals surface area contributed by atoms with Crippen molar-refractivity contribution in [3.05, 3.63) is 53.1 Å². The third-order valence-electron chi connectivity index (χ3n) is 3.56. The highest BCUT2D eigenvalue weighted by Crippen LogP contribution is 2.27. The molecule has 1 nitrogen and oxygen atoms in total. The number of fused-ring (bicyclic) bond motifs is 1. The first-order valence-corrected chi connectivity index (χ1v) is 6.89. The summed E-state index contributed by atoms with van der Waals surface area (Å²) in [6.07, 6.45) is 7.25. The summed E-state index contributed by atoms with van der Waals surface area (Å²) in [5.74, 6) is 0.157. The molecule has 19 heavy (non-hydrogen) atoms. The Morgan fingerprint density at radius 3 is 2.74 bits per heavy atom. The van der Waals surface area contributed by atoms with Gasteiger partial charge in [0.2, 0.25) is 0 Å². The monoisotopic (exact) mass is 254 g/mol. The molecule has 0 heterocycles. The van der Waals surface area contributed by atoms with Crippen LogP contribution >= 0.6 is 0 Å². The van der Waals surface area contributed by atoms with E-state index >= 15 is 0 Å². The SMILES string of the molecule is C=C(Cc1cccc2c1C=CCC2)C(=O)C(C)(C)C. The summed E-state index contributed by atoms with van der Waals surface area (Å²) in [6.45, 7) is 9.83. The van der Waals surface area contributed by atoms with Gasteiger partial charge in [-0.3, -0.25) is 4.79 Å². The fourth-order valence-electron chi connectivity index (χ4n) is 2.53. The topological polar surface area (TPSA) is 17.1 Å². The van der Waals surface area contributed by atoms with Crippen molar-refractivity contribution < 1.29 is 4.79 Å². The molecule has 0 saturated heterocycles. The van der Waals surface area contributed by atoms with Crippen LogP contribution in [0.5, 0.6) is 0 Å². The van der Waals surface area contributed by atoms with E-state index in [0.29, 0.717) is 12.0 Å². The van der Waals surface area contributed by atoms with Crippen molar-refractivity contribution in [3.63, 3.8) is 0 Å². The van der Waals surface area contributed by atoms with E-state index in [2.05, 4.69) is 36.9 Å². The lowest BCUT2D eigenvalue weighted by Gasteiger charge is -2.20. The number of aryl methyl sites for hydroxylation is 1. The Morgan fingerprint density at radius 2 is 2.05 bits per heavy atom. The van der Waals surface area contributed by atoms with Gasteiger partial charge in [0.25, 0.3) is 0 Å². The quantitative estimate of drug-likeness (QED) is 0.732. The van der Waals surface area contributed by atoms with E-state index in [9.17, 15) is 4.79 Å². The minimum absolute atomic E-state index is 0.157. The Morgan fingerprint density at radius 1 is 1.32 bits per heavy atom. The first kappa shape index (κ1) is 13.8. The van der Waals surface area contributed by atoms with E-state index in [4.69, 9.17) is 0 Å². The Balaban J connectivity index is 2.24. The minimum Gasteiger partial charge on any atom is -0.294 e. The summed E-state index contributed by atoms with van der Waals surface area (Å²) in [4.78, 5) is 12.2. The molecular formula is C18H22O. The van der Waals surface area contributed by atoms with Gasteiger partial charge in [-0.25, -0.2) is 0 Å².